The highest BCUT2D eigenvalue weighted by atomic mass is 16.5. The number of nitrogens with one attached hydrogen (secondary N) is 2. The summed E-state index contributed by atoms with van der Waals surface area (Å²) in [5.74, 6) is 0.707. The molecule has 0 aliphatic carbocycles. The predicted octanol–water partition coefficient (Wildman–Crippen LogP) is 2.72. The van der Waals surface area contributed by atoms with E-state index >= 15 is 0 Å². The molecule has 3 heterocycles. The maximum absolute atomic E-state index is 12.9. The number of hydrogen-bond acceptors (Lipinski definition) is 6. The average molecular weight is 441 g/mol. The number of fused-ring (bicyclic) bond motifs is 1. The van der Waals surface area contributed by atoms with Crippen molar-refractivity contribution in [2.45, 2.75) is 38.8 Å². The fourth-order valence-electron chi connectivity index (χ4n) is 3.94. The molecule has 1 saturated heterocycles. The van der Waals surface area contributed by atoms with Gasteiger partial charge < -0.3 is 24.5 Å². The van der Waals surface area contributed by atoms with Gasteiger partial charge in [0.25, 0.3) is 5.91 Å². The van der Waals surface area contributed by atoms with E-state index in [1.165, 1.54) is 6.26 Å². The molecule has 2 atom stereocenters. The SMILES string of the molecule is CC(C)C(NC(=O)CN1C(=O)NC(C)(c2ccco2)C1=O)c1ccc2c(c1)OCCCO2. The smallest absolute Gasteiger partial charge is 0.325 e. The first kappa shape index (κ1) is 21.7. The van der Waals surface area contributed by atoms with Crippen molar-refractivity contribution in [1.29, 1.82) is 0 Å². The zero-order valence-corrected chi connectivity index (χ0v) is 18.3. The van der Waals surface area contributed by atoms with Crippen molar-refractivity contribution in [2.75, 3.05) is 19.8 Å². The van der Waals surface area contributed by atoms with Crippen LogP contribution < -0.4 is 20.1 Å². The summed E-state index contributed by atoms with van der Waals surface area (Å²) in [7, 11) is 0. The summed E-state index contributed by atoms with van der Waals surface area (Å²) >= 11 is 0. The van der Waals surface area contributed by atoms with Gasteiger partial charge in [-0.15, -0.1) is 0 Å². The Labute approximate surface area is 186 Å². The summed E-state index contributed by atoms with van der Waals surface area (Å²) < 4.78 is 16.8. The summed E-state index contributed by atoms with van der Waals surface area (Å²) in [6.45, 7) is 6.29. The third-order valence-electron chi connectivity index (χ3n) is 5.70. The maximum atomic E-state index is 12.9. The van der Waals surface area contributed by atoms with E-state index in [9.17, 15) is 14.4 Å². The average Bonchev–Trinajstić information content (AvgIpc) is 3.29. The van der Waals surface area contributed by atoms with Crippen LogP contribution in [0.25, 0.3) is 0 Å². The van der Waals surface area contributed by atoms with Crippen molar-refractivity contribution in [3.8, 4) is 11.5 Å². The highest BCUT2D eigenvalue weighted by molar-refractivity contribution is 6.08. The fraction of sp³-hybridized carbons (Fsp3) is 0.435. The lowest BCUT2D eigenvalue weighted by molar-refractivity contribution is -0.135. The minimum absolute atomic E-state index is 0.0557. The number of hydrogen-bond donors (Lipinski definition) is 2. The lowest BCUT2D eigenvalue weighted by Gasteiger charge is -2.25. The first-order valence-electron chi connectivity index (χ1n) is 10.7. The monoisotopic (exact) mass is 441 g/mol. The molecule has 1 fully saturated rings. The number of ether oxygens (including phenoxy) is 2. The molecule has 2 aliphatic rings. The Kier molecular flexibility index (Phi) is 5.82. The van der Waals surface area contributed by atoms with Crippen molar-refractivity contribution in [3.05, 3.63) is 47.9 Å². The third-order valence-corrected chi connectivity index (χ3v) is 5.70. The Morgan fingerprint density at radius 3 is 2.62 bits per heavy atom. The molecule has 1 aromatic carbocycles. The molecule has 32 heavy (non-hydrogen) atoms. The van der Waals surface area contributed by atoms with Crippen LogP contribution >= 0.6 is 0 Å². The van der Waals surface area contributed by atoms with Gasteiger partial charge in [0.1, 0.15) is 12.3 Å². The second-order valence-electron chi connectivity index (χ2n) is 8.47. The summed E-state index contributed by atoms with van der Waals surface area (Å²) in [6.07, 6.45) is 2.23. The van der Waals surface area contributed by atoms with Crippen LogP contribution in [-0.4, -0.2) is 42.5 Å². The zero-order valence-electron chi connectivity index (χ0n) is 18.3. The Morgan fingerprint density at radius 1 is 1.19 bits per heavy atom. The highest BCUT2D eigenvalue weighted by Crippen LogP contribution is 2.34. The molecule has 2 N–H and O–H groups in total. The molecule has 0 bridgehead atoms. The normalized spacial score (nSPS) is 21.3. The van der Waals surface area contributed by atoms with Gasteiger partial charge in [-0.25, -0.2) is 4.79 Å². The minimum Gasteiger partial charge on any atom is -0.490 e. The maximum Gasteiger partial charge on any atom is 0.325 e. The van der Waals surface area contributed by atoms with Gasteiger partial charge in [0, 0.05) is 6.42 Å². The van der Waals surface area contributed by atoms with Crippen molar-refractivity contribution in [3.63, 3.8) is 0 Å². The molecule has 2 unspecified atom stereocenters. The van der Waals surface area contributed by atoms with Crippen LogP contribution in [0.2, 0.25) is 0 Å². The Morgan fingerprint density at radius 2 is 1.94 bits per heavy atom. The van der Waals surface area contributed by atoms with Crippen LogP contribution in [0.3, 0.4) is 0 Å². The standard InChI is InChI=1S/C23H27N3O6/c1-14(2)20(15-7-8-16-17(12-15)31-11-5-10-30-16)24-19(27)13-26-21(28)23(3,25-22(26)29)18-6-4-9-32-18/h4,6-9,12,14,20H,5,10-11,13H2,1-3H3,(H,24,27)(H,25,29). The van der Waals surface area contributed by atoms with Crippen molar-refractivity contribution in [1.82, 2.24) is 15.5 Å². The highest BCUT2D eigenvalue weighted by Gasteiger charge is 2.51. The second-order valence-corrected chi connectivity index (χ2v) is 8.47. The largest absolute Gasteiger partial charge is 0.490 e. The zero-order chi connectivity index (χ0) is 22.9. The van der Waals surface area contributed by atoms with Crippen molar-refractivity contribution < 1.29 is 28.3 Å². The number of carbonyl (C=O) groups is 3. The Balaban J connectivity index is 1.48. The molecule has 9 heteroatoms. The van der Waals surface area contributed by atoms with E-state index in [1.807, 2.05) is 32.0 Å². The summed E-state index contributed by atoms with van der Waals surface area (Å²) in [5.41, 5.74) is -0.484. The molecule has 9 nitrogen and oxygen atoms in total. The van der Waals surface area contributed by atoms with Crippen LogP contribution in [0, 0.1) is 5.92 Å². The van der Waals surface area contributed by atoms with Gasteiger partial charge in [0.15, 0.2) is 17.0 Å². The van der Waals surface area contributed by atoms with E-state index in [0.717, 1.165) is 16.9 Å². The molecule has 0 radical (unpaired) electrons. The lowest BCUT2D eigenvalue weighted by atomic mass is 9.95. The summed E-state index contributed by atoms with van der Waals surface area (Å²) in [4.78, 5) is 39.1. The molecule has 2 aliphatic heterocycles. The quantitative estimate of drug-likeness (QED) is 0.667. The van der Waals surface area contributed by atoms with Gasteiger partial charge in [-0.3, -0.25) is 14.5 Å². The Hall–Kier alpha value is -3.49. The number of nitrogens with zero attached hydrogens (tertiary/aromatic N) is 1. The second kappa shape index (κ2) is 8.57. The van der Waals surface area contributed by atoms with Crippen LogP contribution in [0.4, 0.5) is 4.79 Å². The topological polar surface area (TPSA) is 110 Å². The molecule has 170 valence electrons. The number of amides is 4. The van der Waals surface area contributed by atoms with E-state index in [0.29, 0.717) is 30.5 Å². The number of rotatable bonds is 6. The van der Waals surface area contributed by atoms with Crippen LogP contribution in [0.15, 0.2) is 41.0 Å². The molecule has 0 spiro atoms. The van der Waals surface area contributed by atoms with Gasteiger partial charge >= 0.3 is 6.03 Å². The van der Waals surface area contributed by atoms with Crippen LogP contribution in [0.1, 0.15) is 44.6 Å². The molecule has 4 amide bonds. The molecule has 0 saturated carbocycles. The number of urea groups is 1. The third kappa shape index (κ3) is 4.02. The van der Waals surface area contributed by atoms with Gasteiger partial charge in [0.2, 0.25) is 5.91 Å². The fourth-order valence-corrected chi connectivity index (χ4v) is 3.94. The Bertz CT molecular complexity index is 1020. The van der Waals surface area contributed by atoms with E-state index < -0.39 is 29.9 Å². The van der Waals surface area contributed by atoms with Gasteiger partial charge in [0.05, 0.1) is 25.5 Å². The lowest BCUT2D eigenvalue weighted by Crippen LogP contribution is -2.44. The number of imide groups is 1. The molecular weight excluding hydrogens is 414 g/mol. The van der Waals surface area contributed by atoms with Gasteiger partial charge in [-0.1, -0.05) is 19.9 Å². The molecular formula is C23H27N3O6. The first-order valence-corrected chi connectivity index (χ1v) is 10.7. The van der Waals surface area contributed by atoms with Gasteiger partial charge in [-0.2, -0.15) is 0 Å². The van der Waals surface area contributed by atoms with Crippen LogP contribution in [0.5, 0.6) is 11.5 Å². The van der Waals surface area contributed by atoms with Crippen LogP contribution in [-0.2, 0) is 15.1 Å². The summed E-state index contributed by atoms with van der Waals surface area (Å²) in [6, 6.07) is 7.87. The van der Waals surface area contributed by atoms with E-state index in [1.54, 1.807) is 19.1 Å². The van der Waals surface area contributed by atoms with Gasteiger partial charge in [-0.05, 0) is 42.7 Å². The van der Waals surface area contributed by atoms with Crippen molar-refractivity contribution >= 4 is 17.8 Å². The van der Waals surface area contributed by atoms with E-state index in [2.05, 4.69) is 10.6 Å². The summed E-state index contributed by atoms with van der Waals surface area (Å²) in [5, 5.41) is 5.57. The number of benzene rings is 1. The number of carbonyl (C=O) groups excluding carboxylic acids is 3. The predicted molar refractivity (Wildman–Crippen MR) is 114 cm³/mol. The van der Waals surface area contributed by atoms with E-state index in [4.69, 9.17) is 13.9 Å². The minimum atomic E-state index is -1.34. The molecule has 1 aromatic heterocycles. The molecule has 2 aromatic rings. The first-order chi connectivity index (χ1) is 15.3. The van der Waals surface area contributed by atoms with Crippen molar-refractivity contribution in [2.24, 2.45) is 5.92 Å². The number of furan rings is 1. The molecule has 4 rings (SSSR count). The van der Waals surface area contributed by atoms with E-state index in [-0.39, 0.29) is 12.0 Å².